The van der Waals surface area contributed by atoms with Crippen LogP contribution < -0.4 is 15.0 Å². The van der Waals surface area contributed by atoms with E-state index in [4.69, 9.17) is 30.8 Å². The zero-order valence-corrected chi connectivity index (χ0v) is 26.0. The largest absolute Gasteiger partial charge is 0.494 e. The number of ether oxygens (including phenoxy) is 3. The molecule has 1 atom stereocenters. The Kier molecular flexibility index (Phi) is 9.50. The number of nitrogens with zero attached hydrogens (tertiary/aromatic N) is 3. The Bertz CT molecular complexity index is 1700. The third-order valence-corrected chi connectivity index (χ3v) is 7.26. The van der Waals surface area contributed by atoms with E-state index >= 15 is 0 Å². The normalized spacial score (nSPS) is 12.2. The molecule has 0 unspecified atom stereocenters. The first-order valence-corrected chi connectivity index (χ1v) is 14.3. The Hall–Kier alpha value is -3.69. The zero-order chi connectivity index (χ0) is 29.8. The zero-order valence-electron chi connectivity index (χ0n) is 23.7. The lowest BCUT2D eigenvalue weighted by atomic mass is 9.96. The number of benzene rings is 3. The van der Waals surface area contributed by atoms with Crippen molar-refractivity contribution in [1.29, 1.82) is 0 Å². The molecule has 10 heteroatoms. The highest BCUT2D eigenvalue weighted by molar-refractivity contribution is 9.10. The summed E-state index contributed by atoms with van der Waals surface area (Å²) < 4.78 is 18.4. The average molecular weight is 641 g/mol. The van der Waals surface area contributed by atoms with E-state index in [2.05, 4.69) is 34.9 Å². The average Bonchev–Trinajstić information content (AvgIpc) is 2.93. The Balaban J connectivity index is 1.95. The van der Waals surface area contributed by atoms with E-state index in [1.165, 1.54) is 18.0 Å². The van der Waals surface area contributed by atoms with Gasteiger partial charge in [0.1, 0.15) is 11.5 Å². The van der Waals surface area contributed by atoms with Gasteiger partial charge in [-0.1, -0.05) is 37.6 Å². The molecule has 8 nitrogen and oxygen atoms in total. The van der Waals surface area contributed by atoms with Crippen molar-refractivity contribution >= 4 is 50.6 Å². The van der Waals surface area contributed by atoms with Crippen molar-refractivity contribution in [1.82, 2.24) is 9.66 Å². The Morgan fingerprint density at radius 1 is 1.17 bits per heavy atom. The second-order valence-electron chi connectivity index (χ2n) is 9.70. The molecule has 3 aromatic carbocycles. The lowest BCUT2D eigenvalue weighted by Gasteiger charge is -2.18. The molecule has 0 aliphatic carbocycles. The van der Waals surface area contributed by atoms with E-state index in [0.717, 1.165) is 22.4 Å². The standard InChI is InChI=1S/C31H31BrClN3O5/c1-7-40-27-12-18(4)24(15-23(27)17(2)3)29-35-26-11-9-8-10-22(26)30(37)36(29)34-16-20-13-21(33)14-25(32)28(20)41-19(5)31(38)39-6/h8-17,19H,7H2,1-6H3/t19-/m0/s1. The SMILES string of the molecule is CCOc1cc(C)c(-c2nc3ccccc3c(=O)n2N=Cc2cc(Cl)cc(Br)c2O[C@@H](C)C(=O)OC)cc1C(C)C. The van der Waals surface area contributed by atoms with Gasteiger partial charge in [0, 0.05) is 16.1 Å². The number of esters is 1. The molecular weight excluding hydrogens is 610 g/mol. The molecule has 1 heterocycles. The minimum Gasteiger partial charge on any atom is -0.494 e. The molecule has 41 heavy (non-hydrogen) atoms. The molecule has 1 aromatic heterocycles. The minimum absolute atomic E-state index is 0.167. The first-order valence-electron chi connectivity index (χ1n) is 13.1. The van der Waals surface area contributed by atoms with E-state index in [-0.39, 0.29) is 11.5 Å². The number of carbonyl (C=O) groups excluding carboxylic acids is 1. The van der Waals surface area contributed by atoms with Crippen LogP contribution in [0.4, 0.5) is 0 Å². The summed E-state index contributed by atoms with van der Waals surface area (Å²) in [5.41, 5.74) is 3.28. The Morgan fingerprint density at radius 2 is 1.90 bits per heavy atom. The number of halogens is 2. The van der Waals surface area contributed by atoms with E-state index in [1.54, 1.807) is 37.3 Å². The van der Waals surface area contributed by atoms with Gasteiger partial charge >= 0.3 is 5.97 Å². The molecule has 0 radical (unpaired) electrons. The molecular formula is C31H31BrClN3O5. The van der Waals surface area contributed by atoms with Gasteiger partial charge in [-0.3, -0.25) is 4.79 Å². The number of hydrogen-bond acceptors (Lipinski definition) is 7. The van der Waals surface area contributed by atoms with Gasteiger partial charge in [0.25, 0.3) is 5.56 Å². The van der Waals surface area contributed by atoms with Gasteiger partial charge in [-0.05, 0) is 90.1 Å². The number of hydrogen-bond donors (Lipinski definition) is 0. The first-order chi connectivity index (χ1) is 19.5. The van der Waals surface area contributed by atoms with Crippen molar-refractivity contribution in [2.24, 2.45) is 5.10 Å². The number of fused-ring (bicyclic) bond motifs is 1. The summed E-state index contributed by atoms with van der Waals surface area (Å²) in [7, 11) is 1.29. The van der Waals surface area contributed by atoms with Gasteiger partial charge in [-0.2, -0.15) is 9.78 Å². The topological polar surface area (TPSA) is 92.0 Å². The van der Waals surface area contributed by atoms with Crippen LogP contribution >= 0.6 is 27.5 Å². The van der Waals surface area contributed by atoms with Crippen molar-refractivity contribution in [3.8, 4) is 22.9 Å². The molecule has 0 aliphatic rings. The maximum atomic E-state index is 13.8. The molecule has 0 fully saturated rings. The molecule has 0 aliphatic heterocycles. The molecule has 0 saturated carbocycles. The van der Waals surface area contributed by atoms with E-state index in [1.807, 2.05) is 32.0 Å². The second-order valence-corrected chi connectivity index (χ2v) is 11.0. The third-order valence-electron chi connectivity index (χ3n) is 6.45. The predicted molar refractivity (Wildman–Crippen MR) is 166 cm³/mol. The summed E-state index contributed by atoms with van der Waals surface area (Å²) >= 11 is 9.80. The monoisotopic (exact) mass is 639 g/mol. The number of rotatable bonds is 9. The van der Waals surface area contributed by atoms with Gasteiger partial charge < -0.3 is 14.2 Å². The number of para-hydroxylation sites is 1. The Morgan fingerprint density at radius 3 is 2.59 bits per heavy atom. The fraction of sp³-hybridized carbons (Fsp3) is 0.290. The smallest absolute Gasteiger partial charge is 0.346 e. The summed E-state index contributed by atoms with van der Waals surface area (Å²) in [6.45, 7) is 10.2. The van der Waals surface area contributed by atoms with Crippen LogP contribution in [-0.4, -0.2) is 41.7 Å². The summed E-state index contributed by atoms with van der Waals surface area (Å²) in [4.78, 5) is 30.7. The van der Waals surface area contributed by atoms with Crippen molar-refractivity contribution in [3.63, 3.8) is 0 Å². The third kappa shape index (κ3) is 6.47. The van der Waals surface area contributed by atoms with Crippen molar-refractivity contribution < 1.29 is 19.0 Å². The number of aromatic nitrogens is 2. The van der Waals surface area contributed by atoms with Crippen LogP contribution in [-0.2, 0) is 9.53 Å². The van der Waals surface area contributed by atoms with Crippen molar-refractivity contribution in [3.05, 3.63) is 85.1 Å². The molecule has 0 bridgehead atoms. The summed E-state index contributed by atoms with van der Waals surface area (Å²) in [5.74, 6) is 1.11. The highest BCUT2D eigenvalue weighted by atomic mass is 79.9. The minimum atomic E-state index is -0.897. The molecule has 4 aromatic rings. The molecule has 0 N–H and O–H groups in total. The lowest BCUT2D eigenvalue weighted by molar-refractivity contribution is -0.147. The van der Waals surface area contributed by atoms with Gasteiger partial charge in [0.2, 0.25) is 0 Å². The van der Waals surface area contributed by atoms with Crippen LogP contribution in [0.2, 0.25) is 5.02 Å². The van der Waals surface area contributed by atoms with Crippen LogP contribution in [0.25, 0.3) is 22.3 Å². The maximum absolute atomic E-state index is 13.8. The maximum Gasteiger partial charge on any atom is 0.346 e. The molecule has 214 valence electrons. The van der Waals surface area contributed by atoms with Gasteiger partial charge in [-0.25, -0.2) is 9.78 Å². The van der Waals surface area contributed by atoms with Crippen LogP contribution in [0, 0.1) is 6.92 Å². The van der Waals surface area contributed by atoms with Crippen LogP contribution in [0.5, 0.6) is 11.5 Å². The van der Waals surface area contributed by atoms with Crippen molar-refractivity contribution in [2.45, 2.75) is 46.6 Å². The van der Waals surface area contributed by atoms with Crippen molar-refractivity contribution in [2.75, 3.05) is 13.7 Å². The summed E-state index contributed by atoms with van der Waals surface area (Å²) in [6.07, 6.45) is 0.566. The van der Waals surface area contributed by atoms with Gasteiger partial charge in [0.15, 0.2) is 11.9 Å². The van der Waals surface area contributed by atoms with E-state index < -0.39 is 12.1 Å². The van der Waals surface area contributed by atoms with Crippen LogP contribution in [0.15, 0.2) is 62.9 Å². The quantitative estimate of drug-likeness (QED) is 0.143. The highest BCUT2D eigenvalue weighted by Gasteiger charge is 2.21. The van der Waals surface area contributed by atoms with Crippen LogP contribution in [0.1, 0.15) is 50.3 Å². The number of methoxy groups -OCH3 is 1. The fourth-order valence-electron chi connectivity index (χ4n) is 4.39. The van der Waals surface area contributed by atoms with E-state index in [9.17, 15) is 9.59 Å². The Labute approximate surface area is 252 Å². The lowest BCUT2D eigenvalue weighted by Crippen LogP contribution is -2.25. The van der Waals surface area contributed by atoms with Crippen LogP contribution in [0.3, 0.4) is 0 Å². The highest BCUT2D eigenvalue weighted by Crippen LogP contribution is 2.35. The number of aryl methyl sites for hydroxylation is 1. The molecule has 0 spiro atoms. The van der Waals surface area contributed by atoms with Gasteiger partial charge in [-0.15, -0.1) is 0 Å². The fourth-order valence-corrected chi connectivity index (χ4v) is 5.31. The summed E-state index contributed by atoms with van der Waals surface area (Å²) in [5, 5.41) is 5.43. The second kappa shape index (κ2) is 12.9. The molecule has 0 amide bonds. The summed E-state index contributed by atoms with van der Waals surface area (Å²) in [6, 6.07) is 14.4. The van der Waals surface area contributed by atoms with Gasteiger partial charge in [0.05, 0.1) is 35.3 Å². The van der Waals surface area contributed by atoms with E-state index in [0.29, 0.717) is 44.1 Å². The first kappa shape index (κ1) is 30.3. The molecule has 4 rings (SSSR count). The number of carbonyl (C=O) groups is 1. The molecule has 0 saturated heterocycles. The predicted octanol–water partition coefficient (Wildman–Crippen LogP) is 7.13.